The Kier molecular flexibility index (Phi) is 6.36. The van der Waals surface area contributed by atoms with Crippen molar-refractivity contribution in [1.29, 1.82) is 0 Å². The van der Waals surface area contributed by atoms with E-state index in [-0.39, 0.29) is 23.6 Å². The van der Waals surface area contributed by atoms with Gasteiger partial charge in [0.1, 0.15) is 11.3 Å². The number of ether oxygens (including phenoxy) is 3. The smallest absolute Gasteiger partial charge is 0.346 e. The van der Waals surface area contributed by atoms with E-state index in [1.807, 2.05) is 0 Å². The Morgan fingerprint density at radius 2 is 1.93 bits per heavy atom. The number of nitro groups is 1. The Labute approximate surface area is 154 Å². The molecule has 144 valence electrons. The van der Waals surface area contributed by atoms with Crippen molar-refractivity contribution in [3.05, 3.63) is 52.0 Å². The number of nitrogens with zero attached hydrogens (tertiary/aromatic N) is 1. The van der Waals surface area contributed by atoms with E-state index in [9.17, 15) is 19.7 Å². The number of furan rings is 1. The number of hydrogen-bond acceptors (Lipinski definition) is 8. The fourth-order valence-electron chi connectivity index (χ4n) is 2.19. The van der Waals surface area contributed by atoms with Crippen molar-refractivity contribution < 1.29 is 33.1 Å². The highest BCUT2D eigenvalue weighted by molar-refractivity contribution is 5.96. The first kappa shape index (κ1) is 19.8. The zero-order chi connectivity index (χ0) is 20.0. The number of carbonyl (C=O) groups is 2. The molecular formula is C17H18N2O8. The molecule has 1 aromatic heterocycles. The molecular weight excluding hydrogens is 360 g/mol. The predicted octanol–water partition coefficient (Wildman–Crippen LogP) is 2.07. The van der Waals surface area contributed by atoms with E-state index in [1.54, 1.807) is 12.1 Å². The van der Waals surface area contributed by atoms with Crippen molar-refractivity contribution in [2.45, 2.75) is 19.6 Å². The van der Waals surface area contributed by atoms with E-state index in [2.05, 4.69) is 5.32 Å². The minimum atomic E-state index is -1.18. The molecule has 1 aromatic carbocycles. The van der Waals surface area contributed by atoms with Crippen LogP contribution in [0.3, 0.4) is 0 Å². The number of amides is 1. The first-order valence-electron chi connectivity index (χ1n) is 7.78. The molecule has 1 amide bonds. The quantitative estimate of drug-likeness (QED) is 0.420. The van der Waals surface area contributed by atoms with Crippen LogP contribution < -0.4 is 14.8 Å². The third kappa shape index (κ3) is 4.75. The Hall–Kier alpha value is -3.56. The lowest BCUT2D eigenvalue weighted by Crippen LogP contribution is -2.35. The second kappa shape index (κ2) is 8.70. The van der Waals surface area contributed by atoms with Gasteiger partial charge in [-0.15, -0.1) is 0 Å². The van der Waals surface area contributed by atoms with Crippen LogP contribution in [0.5, 0.6) is 11.5 Å². The van der Waals surface area contributed by atoms with Gasteiger partial charge >= 0.3 is 5.97 Å². The summed E-state index contributed by atoms with van der Waals surface area (Å²) in [6.45, 7) is 1.46. The van der Waals surface area contributed by atoms with Gasteiger partial charge in [0.2, 0.25) is 0 Å². The third-order valence-corrected chi connectivity index (χ3v) is 3.59. The summed E-state index contributed by atoms with van der Waals surface area (Å²) in [5.74, 6) is -0.890. The average Bonchev–Trinajstić information content (AvgIpc) is 3.18. The van der Waals surface area contributed by atoms with Crippen LogP contribution in [-0.4, -0.2) is 37.1 Å². The van der Waals surface area contributed by atoms with Gasteiger partial charge in [0.05, 0.1) is 38.0 Å². The van der Waals surface area contributed by atoms with Gasteiger partial charge in [0, 0.05) is 6.07 Å². The van der Waals surface area contributed by atoms with Crippen LogP contribution in [-0.2, 0) is 16.1 Å². The van der Waals surface area contributed by atoms with Gasteiger partial charge in [-0.2, -0.15) is 0 Å². The lowest BCUT2D eigenvalue weighted by atomic mass is 10.1. The van der Waals surface area contributed by atoms with Crippen LogP contribution in [0.25, 0.3) is 0 Å². The summed E-state index contributed by atoms with van der Waals surface area (Å²) in [6, 6.07) is 5.52. The second-order valence-corrected chi connectivity index (χ2v) is 5.33. The third-order valence-electron chi connectivity index (χ3n) is 3.59. The molecule has 0 saturated heterocycles. The molecule has 0 aliphatic heterocycles. The van der Waals surface area contributed by atoms with Gasteiger partial charge in [-0.1, -0.05) is 0 Å². The topological polar surface area (TPSA) is 130 Å². The molecule has 0 fully saturated rings. The lowest BCUT2D eigenvalue weighted by molar-refractivity contribution is -0.385. The summed E-state index contributed by atoms with van der Waals surface area (Å²) in [6.07, 6.45) is 0.279. The Morgan fingerprint density at radius 3 is 2.48 bits per heavy atom. The highest BCUT2D eigenvalue weighted by Gasteiger charge is 2.28. The highest BCUT2D eigenvalue weighted by Crippen LogP contribution is 2.34. The number of nitro benzene ring substituents is 1. The first-order valence-corrected chi connectivity index (χ1v) is 7.78. The molecule has 0 unspecified atom stereocenters. The van der Waals surface area contributed by atoms with Crippen molar-refractivity contribution in [1.82, 2.24) is 5.32 Å². The number of nitrogens with one attached hydrogen (secondary N) is 1. The van der Waals surface area contributed by atoms with Crippen molar-refractivity contribution in [3.63, 3.8) is 0 Å². The fraction of sp³-hybridized carbons (Fsp3) is 0.294. The molecule has 10 nitrogen and oxygen atoms in total. The largest absolute Gasteiger partial charge is 0.493 e. The Morgan fingerprint density at radius 1 is 1.26 bits per heavy atom. The summed E-state index contributed by atoms with van der Waals surface area (Å²) < 4.78 is 20.2. The molecule has 0 spiro atoms. The molecule has 1 N–H and O–H groups in total. The maximum absolute atomic E-state index is 12.4. The van der Waals surface area contributed by atoms with Gasteiger partial charge in [-0.3, -0.25) is 14.9 Å². The Bertz CT molecular complexity index is 832. The van der Waals surface area contributed by atoms with E-state index in [1.165, 1.54) is 27.4 Å². The van der Waals surface area contributed by atoms with E-state index in [4.69, 9.17) is 18.6 Å². The number of hydrogen-bond donors (Lipinski definition) is 1. The maximum Gasteiger partial charge on any atom is 0.346 e. The number of rotatable bonds is 8. The van der Waals surface area contributed by atoms with Crippen LogP contribution in [0, 0.1) is 10.1 Å². The summed E-state index contributed by atoms with van der Waals surface area (Å²) in [5.41, 5.74) is -0.885. The first-order chi connectivity index (χ1) is 12.9. The van der Waals surface area contributed by atoms with Gasteiger partial charge in [-0.05, 0) is 19.1 Å². The second-order valence-electron chi connectivity index (χ2n) is 5.33. The zero-order valence-corrected chi connectivity index (χ0v) is 14.9. The van der Waals surface area contributed by atoms with Crippen molar-refractivity contribution in [2.75, 3.05) is 14.2 Å². The van der Waals surface area contributed by atoms with Gasteiger partial charge in [-0.25, -0.2) is 4.79 Å². The van der Waals surface area contributed by atoms with Gasteiger partial charge in [0.25, 0.3) is 11.6 Å². The molecule has 27 heavy (non-hydrogen) atoms. The summed E-state index contributed by atoms with van der Waals surface area (Å²) in [4.78, 5) is 34.9. The van der Waals surface area contributed by atoms with Crippen LogP contribution in [0.1, 0.15) is 23.0 Å². The number of benzene rings is 1. The predicted molar refractivity (Wildman–Crippen MR) is 91.6 cm³/mol. The van der Waals surface area contributed by atoms with E-state index in [0.717, 1.165) is 12.1 Å². The summed E-state index contributed by atoms with van der Waals surface area (Å²) in [7, 11) is 2.63. The van der Waals surface area contributed by atoms with Crippen LogP contribution in [0.4, 0.5) is 5.69 Å². The fourth-order valence-corrected chi connectivity index (χ4v) is 2.19. The summed E-state index contributed by atoms with van der Waals surface area (Å²) >= 11 is 0. The molecule has 10 heteroatoms. The monoisotopic (exact) mass is 378 g/mol. The SMILES string of the molecule is COc1cc(C(=O)O[C@H](C)C(=O)NCc2ccco2)c([N+](=O)[O-])cc1OC. The van der Waals surface area contributed by atoms with E-state index in [0.29, 0.717) is 5.76 Å². The minimum absolute atomic E-state index is 0.0880. The van der Waals surface area contributed by atoms with E-state index >= 15 is 0 Å². The standard InChI is InChI=1S/C17H18N2O8/c1-10(16(20)18-9-11-5-4-6-26-11)27-17(21)12-7-14(24-2)15(25-3)8-13(12)19(22)23/h4-8,10H,9H2,1-3H3,(H,18,20)/t10-/m1/s1. The van der Waals surface area contributed by atoms with Gasteiger partial charge < -0.3 is 23.9 Å². The molecule has 2 rings (SSSR count). The normalized spacial score (nSPS) is 11.4. The highest BCUT2D eigenvalue weighted by atomic mass is 16.6. The van der Waals surface area contributed by atoms with Crippen LogP contribution >= 0.6 is 0 Å². The molecule has 0 radical (unpaired) electrons. The van der Waals surface area contributed by atoms with Crippen LogP contribution in [0.15, 0.2) is 34.9 Å². The summed E-state index contributed by atoms with van der Waals surface area (Å²) in [5, 5.41) is 13.8. The number of methoxy groups -OCH3 is 2. The van der Waals surface area contributed by atoms with E-state index < -0.39 is 28.6 Å². The minimum Gasteiger partial charge on any atom is -0.493 e. The lowest BCUT2D eigenvalue weighted by Gasteiger charge is -2.14. The molecule has 0 bridgehead atoms. The van der Waals surface area contributed by atoms with Crippen molar-refractivity contribution in [2.24, 2.45) is 0 Å². The Balaban J connectivity index is 2.13. The molecule has 0 saturated carbocycles. The molecule has 0 aliphatic carbocycles. The molecule has 0 aliphatic rings. The zero-order valence-electron chi connectivity index (χ0n) is 14.9. The average molecular weight is 378 g/mol. The molecule has 1 atom stereocenters. The number of esters is 1. The van der Waals surface area contributed by atoms with Crippen molar-refractivity contribution in [3.8, 4) is 11.5 Å². The molecule has 1 heterocycles. The van der Waals surface area contributed by atoms with Crippen LogP contribution in [0.2, 0.25) is 0 Å². The van der Waals surface area contributed by atoms with Crippen molar-refractivity contribution >= 4 is 17.6 Å². The molecule has 2 aromatic rings. The van der Waals surface area contributed by atoms with Gasteiger partial charge in [0.15, 0.2) is 17.6 Å². The number of carbonyl (C=O) groups excluding carboxylic acids is 2. The maximum atomic E-state index is 12.4.